The van der Waals surface area contributed by atoms with E-state index >= 15 is 0 Å². The van der Waals surface area contributed by atoms with Gasteiger partial charge in [-0.05, 0) is 42.5 Å². The van der Waals surface area contributed by atoms with Crippen molar-refractivity contribution in [2.24, 2.45) is 0 Å². The molecule has 2 aromatic carbocycles. The molecule has 0 spiro atoms. The summed E-state index contributed by atoms with van der Waals surface area (Å²) >= 11 is 12.4. The Morgan fingerprint density at radius 3 is 2.41 bits per heavy atom. The quantitative estimate of drug-likeness (QED) is 0.652. The maximum Gasteiger partial charge on any atom is 0.142 e. The van der Waals surface area contributed by atoms with Crippen LogP contribution in [0.1, 0.15) is 5.56 Å². The number of rotatable bonds is 4. The third kappa shape index (κ3) is 3.63. The van der Waals surface area contributed by atoms with Crippen molar-refractivity contribution in [2.75, 3.05) is 20.0 Å². The van der Waals surface area contributed by atoms with Gasteiger partial charge in [-0.1, -0.05) is 23.2 Å². The number of pyridine rings is 1. The highest BCUT2D eigenvalue weighted by atomic mass is 35.5. The molecule has 3 aromatic rings. The van der Waals surface area contributed by atoms with Gasteiger partial charge in [-0.3, -0.25) is 0 Å². The van der Waals surface area contributed by atoms with Crippen molar-refractivity contribution in [3.05, 3.63) is 58.1 Å². The number of anilines is 1. The predicted octanol–water partition coefficient (Wildman–Crippen LogP) is 5.19. The van der Waals surface area contributed by atoms with Crippen LogP contribution in [-0.2, 0) is 0 Å². The van der Waals surface area contributed by atoms with E-state index < -0.39 is 0 Å². The van der Waals surface area contributed by atoms with Crippen LogP contribution in [0.25, 0.3) is 22.4 Å². The molecule has 0 radical (unpaired) electrons. The minimum Gasteiger partial charge on any atom is -0.497 e. The maximum absolute atomic E-state index is 9.62. The zero-order chi connectivity index (χ0) is 19.6. The third-order valence-electron chi connectivity index (χ3n) is 4.06. The zero-order valence-electron chi connectivity index (χ0n) is 14.6. The summed E-state index contributed by atoms with van der Waals surface area (Å²) in [5.41, 5.74) is 8.64. The molecule has 5 nitrogen and oxygen atoms in total. The lowest BCUT2D eigenvalue weighted by Crippen LogP contribution is -2.01. The second-order valence-corrected chi connectivity index (χ2v) is 6.46. The zero-order valence-corrected chi connectivity index (χ0v) is 16.1. The Hall–Kier alpha value is -2.94. The number of halogens is 2. The standard InChI is InChI=1S/C20H15Cl2N3O2/c1-26-12-4-6-19(27-2)14(8-12)13-9-18(25-20(24)16(13)10-23)15-7-11(21)3-5-17(15)22/h3-9H,1-2H3,(H2,24,25). The number of nitrogens with zero attached hydrogens (tertiary/aromatic N) is 2. The van der Waals surface area contributed by atoms with Crippen LogP contribution >= 0.6 is 23.2 Å². The SMILES string of the molecule is COc1ccc(OC)c(-c2cc(-c3cc(Cl)ccc3Cl)nc(N)c2C#N)c1. The van der Waals surface area contributed by atoms with Gasteiger partial charge in [0.2, 0.25) is 0 Å². The van der Waals surface area contributed by atoms with Gasteiger partial charge in [0.15, 0.2) is 0 Å². The highest BCUT2D eigenvalue weighted by Crippen LogP contribution is 2.39. The smallest absolute Gasteiger partial charge is 0.142 e. The summed E-state index contributed by atoms with van der Waals surface area (Å²) in [5.74, 6) is 1.28. The Balaban J connectivity index is 2.32. The van der Waals surface area contributed by atoms with E-state index in [1.807, 2.05) is 0 Å². The van der Waals surface area contributed by atoms with Crippen LogP contribution in [0.4, 0.5) is 5.82 Å². The van der Waals surface area contributed by atoms with E-state index in [-0.39, 0.29) is 11.4 Å². The first-order valence-corrected chi connectivity index (χ1v) is 8.62. The molecule has 0 fully saturated rings. The van der Waals surface area contributed by atoms with E-state index in [4.69, 9.17) is 38.4 Å². The maximum atomic E-state index is 9.62. The number of methoxy groups -OCH3 is 2. The molecule has 0 saturated heterocycles. The molecule has 1 aromatic heterocycles. The Labute approximate surface area is 166 Å². The highest BCUT2D eigenvalue weighted by Gasteiger charge is 2.18. The lowest BCUT2D eigenvalue weighted by molar-refractivity contribution is 0.404. The minimum absolute atomic E-state index is 0.0888. The molecule has 0 bridgehead atoms. The lowest BCUT2D eigenvalue weighted by Gasteiger charge is -2.15. The van der Waals surface area contributed by atoms with Gasteiger partial charge in [0.25, 0.3) is 0 Å². The Morgan fingerprint density at radius 1 is 0.963 bits per heavy atom. The first kappa shape index (κ1) is 18.8. The second-order valence-electron chi connectivity index (χ2n) is 5.62. The van der Waals surface area contributed by atoms with E-state index in [2.05, 4.69) is 11.1 Å². The summed E-state index contributed by atoms with van der Waals surface area (Å²) in [6.07, 6.45) is 0. The molecule has 1 heterocycles. The monoisotopic (exact) mass is 399 g/mol. The Morgan fingerprint density at radius 2 is 1.74 bits per heavy atom. The lowest BCUT2D eigenvalue weighted by atomic mass is 9.97. The number of nitriles is 1. The van der Waals surface area contributed by atoms with Crippen LogP contribution < -0.4 is 15.2 Å². The number of ether oxygens (including phenoxy) is 2. The predicted molar refractivity (Wildman–Crippen MR) is 107 cm³/mol. The van der Waals surface area contributed by atoms with Gasteiger partial charge < -0.3 is 15.2 Å². The molecule has 0 amide bonds. The summed E-state index contributed by atoms with van der Waals surface area (Å²) < 4.78 is 10.8. The normalized spacial score (nSPS) is 10.3. The summed E-state index contributed by atoms with van der Waals surface area (Å²) in [7, 11) is 3.12. The molecule has 136 valence electrons. The number of nitrogen functional groups attached to an aromatic ring is 1. The largest absolute Gasteiger partial charge is 0.497 e. The summed E-state index contributed by atoms with van der Waals surface area (Å²) in [5, 5.41) is 10.6. The van der Waals surface area contributed by atoms with Gasteiger partial charge >= 0.3 is 0 Å². The fourth-order valence-corrected chi connectivity index (χ4v) is 3.14. The van der Waals surface area contributed by atoms with Crippen LogP contribution in [-0.4, -0.2) is 19.2 Å². The van der Waals surface area contributed by atoms with Crippen LogP contribution in [0.15, 0.2) is 42.5 Å². The summed E-state index contributed by atoms with van der Waals surface area (Å²) in [6.45, 7) is 0. The fraction of sp³-hybridized carbons (Fsp3) is 0.100. The molecule has 3 rings (SSSR count). The molecule has 2 N–H and O–H groups in total. The third-order valence-corrected chi connectivity index (χ3v) is 4.63. The van der Waals surface area contributed by atoms with E-state index in [1.54, 1.807) is 56.7 Å². The van der Waals surface area contributed by atoms with Crippen LogP contribution in [0.2, 0.25) is 10.0 Å². The number of hydrogen-bond acceptors (Lipinski definition) is 5. The van der Waals surface area contributed by atoms with Crippen molar-refractivity contribution in [3.8, 4) is 40.0 Å². The van der Waals surface area contributed by atoms with Crippen molar-refractivity contribution in [1.82, 2.24) is 4.98 Å². The fourth-order valence-electron chi connectivity index (χ4n) is 2.75. The molecular weight excluding hydrogens is 385 g/mol. The summed E-state index contributed by atoms with van der Waals surface area (Å²) in [4.78, 5) is 4.34. The molecule has 0 aliphatic heterocycles. The van der Waals surface area contributed by atoms with Gasteiger partial charge in [-0.15, -0.1) is 0 Å². The van der Waals surface area contributed by atoms with E-state index in [1.165, 1.54) is 0 Å². The van der Waals surface area contributed by atoms with Crippen molar-refractivity contribution in [1.29, 1.82) is 5.26 Å². The molecular formula is C20H15Cl2N3O2. The van der Waals surface area contributed by atoms with Gasteiger partial charge in [-0.2, -0.15) is 5.26 Å². The highest BCUT2D eigenvalue weighted by molar-refractivity contribution is 6.35. The molecule has 7 heteroatoms. The van der Waals surface area contributed by atoms with Crippen molar-refractivity contribution in [3.63, 3.8) is 0 Å². The first-order chi connectivity index (χ1) is 13.0. The van der Waals surface area contributed by atoms with Crippen molar-refractivity contribution >= 4 is 29.0 Å². The molecule has 0 atom stereocenters. The Kier molecular flexibility index (Phi) is 5.41. The molecule has 0 saturated carbocycles. The number of aromatic nitrogens is 1. The molecule has 27 heavy (non-hydrogen) atoms. The number of hydrogen-bond donors (Lipinski definition) is 1. The summed E-state index contributed by atoms with van der Waals surface area (Å²) in [6, 6.07) is 14.2. The van der Waals surface area contributed by atoms with Crippen LogP contribution in [0, 0.1) is 11.3 Å². The van der Waals surface area contributed by atoms with Crippen molar-refractivity contribution in [2.45, 2.75) is 0 Å². The van der Waals surface area contributed by atoms with Crippen LogP contribution in [0.5, 0.6) is 11.5 Å². The second kappa shape index (κ2) is 7.75. The first-order valence-electron chi connectivity index (χ1n) is 7.87. The number of benzene rings is 2. The molecule has 0 unspecified atom stereocenters. The van der Waals surface area contributed by atoms with Gasteiger partial charge in [-0.25, -0.2) is 4.98 Å². The van der Waals surface area contributed by atoms with E-state index in [0.717, 1.165) is 0 Å². The van der Waals surface area contributed by atoms with Crippen molar-refractivity contribution < 1.29 is 9.47 Å². The minimum atomic E-state index is 0.0888. The Bertz CT molecular complexity index is 1060. The van der Waals surface area contributed by atoms with Crippen LogP contribution in [0.3, 0.4) is 0 Å². The van der Waals surface area contributed by atoms with Gasteiger partial charge in [0, 0.05) is 21.7 Å². The molecule has 0 aliphatic rings. The van der Waals surface area contributed by atoms with Gasteiger partial charge in [0.1, 0.15) is 28.9 Å². The van der Waals surface area contributed by atoms with E-state index in [9.17, 15) is 5.26 Å². The average Bonchev–Trinajstić information content (AvgIpc) is 2.68. The van der Waals surface area contributed by atoms with E-state index in [0.29, 0.717) is 43.9 Å². The molecule has 0 aliphatic carbocycles. The van der Waals surface area contributed by atoms with Gasteiger partial charge in [0.05, 0.1) is 24.9 Å². The average molecular weight is 400 g/mol. The topological polar surface area (TPSA) is 81.2 Å². The number of nitrogens with two attached hydrogens (primary N) is 1.